The molecule has 2 aromatic carbocycles. The van der Waals surface area contributed by atoms with Crippen LogP contribution in [0.3, 0.4) is 0 Å². The SMILES string of the molecule is CCCCCN(c1ccccc1C(C)=O)C1CCCCC1.Nc1cccc(N)c1. The zero-order valence-corrected chi connectivity index (χ0v) is 18.1. The molecule has 0 bridgehead atoms. The third-order valence-corrected chi connectivity index (χ3v) is 5.52. The van der Waals surface area contributed by atoms with Gasteiger partial charge < -0.3 is 16.4 Å². The molecular formula is C25H37N3O. The summed E-state index contributed by atoms with van der Waals surface area (Å²) >= 11 is 0. The van der Waals surface area contributed by atoms with Gasteiger partial charge in [-0.05, 0) is 56.5 Å². The molecular weight excluding hydrogens is 358 g/mol. The van der Waals surface area contributed by atoms with Crippen LogP contribution in [0.15, 0.2) is 48.5 Å². The lowest BCUT2D eigenvalue weighted by atomic mass is 9.92. The number of carbonyl (C=O) groups is 1. The lowest BCUT2D eigenvalue weighted by Crippen LogP contribution is -2.38. The molecule has 0 radical (unpaired) electrons. The smallest absolute Gasteiger partial charge is 0.161 e. The Bertz CT molecular complexity index is 736. The first-order valence-corrected chi connectivity index (χ1v) is 11.0. The number of unbranched alkanes of at least 4 members (excludes halogenated alkanes) is 2. The molecule has 0 aliphatic heterocycles. The Morgan fingerprint density at radius 1 is 0.966 bits per heavy atom. The van der Waals surface area contributed by atoms with Gasteiger partial charge in [-0.15, -0.1) is 0 Å². The minimum Gasteiger partial charge on any atom is -0.399 e. The molecule has 0 saturated heterocycles. The van der Waals surface area contributed by atoms with Gasteiger partial charge >= 0.3 is 0 Å². The van der Waals surface area contributed by atoms with Crippen LogP contribution in [0.2, 0.25) is 0 Å². The van der Waals surface area contributed by atoms with Crippen molar-refractivity contribution >= 4 is 22.8 Å². The van der Waals surface area contributed by atoms with E-state index < -0.39 is 0 Å². The van der Waals surface area contributed by atoms with Crippen LogP contribution < -0.4 is 16.4 Å². The average Bonchev–Trinajstić information content (AvgIpc) is 2.72. The molecule has 1 saturated carbocycles. The number of carbonyl (C=O) groups excluding carboxylic acids is 1. The van der Waals surface area contributed by atoms with E-state index in [9.17, 15) is 4.79 Å². The molecule has 1 aliphatic rings. The predicted molar refractivity (Wildman–Crippen MR) is 125 cm³/mol. The number of hydrogen-bond acceptors (Lipinski definition) is 4. The van der Waals surface area contributed by atoms with E-state index in [0.29, 0.717) is 17.4 Å². The summed E-state index contributed by atoms with van der Waals surface area (Å²) in [6, 6.07) is 15.9. The van der Waals surface area contributed by atoms with E-state index >= 15 is 0 Å². The summed E-state index contributed by atoms with van der Waals surface area (Å²) < 4.78 is 0. The molecule has 4 nitrogen and oxygen atoms in total. The first kappa shape index (κ1) is 22.8. The fourth-order valence-electron chi connectivity index (χ4n) is 4.01. The zero-order chi connectivity index (χ0) is 21.1. The lowest BCUT2D eigenvalue weighted by molar-refractivity contribution is 0.101. The highest BCUT2D eigenvalue weighted by molar-refractivity contribution is 5.99. The van der Waals surface area contributed by atoms with Gasteiger partial charge in [0.1, 0.15) is 0 Å². The molecule has 4 N–H and O–H groups in total. The van der Waals surface area contributed by atoms with Gasteiger partial charge in [0.15, 0.2) is 5.78 Å². The topological polar surface area (TPSA) is 72.3 Å². The van der Waals surface area contributed by atoms with Crippen molar-refractivity contribution in [3.05, 3.63) is 54.1 Å². The summed E-state index contributed by atoms with van der Waals surface area (Å²) in [7, 11) is 0. The Labute approximate surface area is 176 Å². The van der Waals surface area contributed by atoms with E-state index in [-0.39, 0.29) is 5.78 Å². The van der Waals surface area contributed by atoms with Crippen molar-refractivity contribution in [2.24, 2.45) is 0 Å². The summed E-state index contributed by atoms with van der Waals surface area (Å²) in [4.78, 5) is 14.5. The summed E-state index contributed by atoms with van der Waals surface area (Å²) in [6.07, 6.45) is 10.3. The van der Waals surface area contributed by atoms with Gasteiger partial charge in [-0.3, -0.25) is 4.79 Å². The average molecular weight is 396 g/mol. The Kier molecular flexibility index (Phi) is 9.55. The molecule has 29 heavy (non-hydrogen) atoms. The number of benzene rings is 2. The van der Waals surface area contributed by atoms with Crippen molar-refractivity contribution in [2.45, 2.75) is 71.3 Å². The van der Waals surface area contributed by atoms with E-state index in [4.69, 9.17) is 11.5 Å². The molecule has 3 rings (SSSR count). The molecule has 4 heteroatoms. The Hall–Kier alpha value is -2.49. The number of ketones is 1. The second-order valence-electron chi connectivity index (χ2n) is 7.94. The highest BCUT2D eigenvalue weighted by Crippen LogP contribution is 2.30. The number of nitrogen functional groups attached to an aromatic ring is 2. The number of anilines is 3. The van der Waals surface area contributed by atoms with Gasteiger partial charge in [-0.2, -0.15) is 0 Å². The normalized spacial score (nSPS) is 14.0. The maximum Gasteiger partial charge on any atom is 0.161 e. The Morgan fingerprint density at radius 3 is 2.17 bits per heavy atom. The number of nitrogens with zero attached hydrogens (tertiary/aromatic N) is 1. The fourth-order valence-corrected chi connectivity index (χ4v) is 4.01. The molecule has 0 heterocycles. The van der Waals surface area contributed by atoms with Crippen LogP contribution in [0.1, 0.15) is 75.6 Å². The monoisotopic (exact) mass is 395 g/mol. The number of hydrogen-bond donors (Lipinski definition) is 2. The van der Waals surface area contributed by atoms with Crippen molar-refractivity contribution in [3.63, 3.8) is 0 Å². The fraction of sp³-hybridized carbons (Fsp3) is 0.480. The van der Waals surface area contributed by atoms with Crippen LogP contribution in [0.5, 0.6) is 0 Å². The van der Waals surface area contributed by atoms with Gasteiger partial charge in [-0.25, -0.2) is 0 Å². The van der Waals surface area contributed by atoms with Crippen LogP contribution >= 0.6 is 0 Å². The van der Waals surface area contributed by atoms with Crippen LogP contribution in [0.4, 0.5) is 17.1 Å². The second-order valence-corrected chi connectivity index (χ2v) is 7.94. The van der Waals surface area contributed by atoms with Gasteiger partial charge in [0.25, 0.3) is 0 Å². The predicted octanol–water partition coefficient (Wildman–Crippen LogP) is 6.07. The molecule has 0 aromatic heterocycles. The van der Waals surface area contributed by atoms with Crippen molar-refractivity contribution in [1.29, 1.82) is 0 Å². The molecule has 0 spiro atoms. The van der Waals surface area contributed by atoms with Crippen LogP contribution in [0.25, 0.3) is 0 Å². The summed E-state index contributed by atoms with van der Waals surface area (Å²) in [5.74, 6) is 0.182. The molecule has 2 aromatic rings. The second kappa shape index (κ2) is 12.2. The van der Waals surface area contributed by atoms with E-state index in [0.717, 1.165) is 17.8 Å². The number of Topliss-reactive ketones (excluding diaryl/α,β-unsaturated/α-hetero) is 1. The number of para-hydroxylation sites is 1. The molecule has 158 valence electrons. The minimum atomic E-state index is 0.182. The standard InChI is InChI=1S/C19H29NO.C6H8N2/c1-3-4-10-15-20(17-11-6-5-7-12-17)19-14-9-8-13-18(19)16(2)21;7-5-2-1-3-6(8)4-5/h8-9,13-14,17H,3-7,10-12,15H2,1-2H3;1-4H,7-8H2. The van der Waals surface area contributed by atoms with E-state index in [1.807, 2.05) is 18.2 Å². The lowest BCUT2D eigenvalue weighted by Gasteiger charge is -2.37. The maximum atomic E-state index is 12.0. The maximum absolute atomic E-state index is 12.0. The molecule has 0 amide bonds. The van der Waals surface area contributed by atoms with Crippen molar-refractivity contribution in [1.82, 2.24) is 0 Å². The van der Waals surface area contributed by atoms with Crippen LogP contribution in [-0.4, -0.2) is 18.4 Å². The molecule has 1 aliphatic carbocycles. The minimum absolute atomic E-state index is 0.182. The van der Waals surface area contributed by atoms with E-state index in [2.05, 4.69) is 24.0 Å². The Morgan fingerprint density at radius 2 is 1.62 bits per heavy atom. The Balaban J connectivity index is 0.000000313. The van der Waals surface area contributed by atoms with Crippen molar-refractivity contribution < 1.29 is 4.79 Å². The summed E-state index contributed by atoms with van der Waals surface area (Å²) in [6.45, 7) is 5.02. The van der Waals surface area contributed by atoms with E-state index in [1.165, 1.54) is 51.4 Å². The zero-order valence-electron chi connectivity index (χ0n) is 18.1. The van der Waals surface area contributed by atoms with Gasteiger partial charge in [0.2, 0.25) is 0 Å². The first-order valence-electron chi connectivity index (χ1n) is 11.0. The first-order chi connectivity index (χ1) is 14.0. The largest absolute Gasteiger partial charge is 0.399 e. The van der Waals surface area contributed by atoms with Gasteiger partial charge in [0.05, 0.1) is 0 Å². The third-order valence-electron chi connectivity index (χ3n) is 5.52. The highest BCUT2D eigenvalue weighted by Gasteiger charge is 2.23. The quantitative estimate of drug-likeness (QED) is 0.339. The van der Waals surface area contributed by atoms with Crippen LogP contribution in [-0.2, 0) is 0 Å². The highest BCUT2D eigenvalue weighted by atomic mass is 16.1. The van der Waals surface area contributed by atoms with Crippen molar-refractivity contribution in [3.8, 4) is 0 Å². The third kappa shape index (κ3) is 7.45. The number of rotatable bonds is 7. The van der Waals surface area contributed by atoms with E-state index in [1.54, 1.807) is 25.1 Å². The molecule has 0 atom stereocenters. The number of nitrogens with two attached hydrogens (primary N) is 2. The molecule has 1 fully saturated rings. The summed E-state index contributed by atoms with van der Waals surface area (Å²) in [5, 5.41) is 0. The van der Waals surface area contributed by atoms with Crippen LogP contribution in [0, 0.1) is 0 Å². The van der Waals surface area contributed by atoms with Gasteiger partial charge in [0, 0.05) is 35.2 Å². The summed E-state index contributed by atoms with van der Waals surface area (Å²) in [5.41, 5.74) is 14.2. The van der Waals surface area contributed by atoms with Crippen molar-refractivity contribution in [2.75, 3.05) is 22.9 Å². The molecule has 0 unspecified atom stereocenters. The van der Waals surface area contributed by atoms with Gasteiger partial charge in [-0.1, -0.05) is 57.2 Å².